The molecule has 1 aliphatic rings. The Morgan fingerprint density at radius 1 is 1.00 bits per heavy atom. The van der Waals surface area contributed by atoms with Crippen molar-refractivity contribution >= 4 is 46.3 Å². The molecule has 1 heterocycles. The summed E-state index contributed by atoms with van der Waals surface area (Å²) >= 11 is 7.34. The third kappa shape index (κ3) is 4.60. The maximum absolute atomic E-state index is 12.8. The number of hydrogen-bond acceptors (Lipinski definition) is 5. The lowest BCUT2D eigenvalue weighted by Gasteiger charge is -2.14. The third-order valence-corrected chi connectivity index (χ3v) is 5.73. The second-order valence-corrected chi connectivity index (χ2v) is 8.06. The number of rotatable bonds is 6. The van der Waals surface area contributed by atoms with Crippen molar-refractivity contribution in [3.63, 3.8) is 0 Å². The van der Waals surface area contributed by atoms with Gasteiger partial charge in [-0.15, -0.1) is 0 Å². The first-order valence-corrected chi connectivity index (χ1v) is 10.6. The van der Waals surface area contributed by atoms with Crippen molar-refractivity contribution in [2.75, 3.05) is 12.0 Å². The van der Waals surface area contributed by atoms with Gasteiger partial charge in [0.25, 0.3) is 11.1 Å². The number of nitrogens with zero attached hydrogens (tertiary/aromatic N) is 1. The van der Waals surface area contributed by atoms with Gasteiger partial charge in [-0.1, -0.05) is 60.1 Å². The van der Waals surface area contributed by atoms with E-state index in [1.165, 1.54) is 7.11 Å². The van der Waals surface area contributed by atoms with E-state index >= 15 is 0 Å². The number of halogens is 1. The van der Waals surface area contributed by atoms with E-state index < -0.39 is 0 Å². The van der Waals surface area contributed by atoms with Crippen LogP contribution in [-0.4, -0.2) is 18.3 Å². The Hall–Kier alpha value is -3.22. The van der Waals surface area contributed by atoms with Crippen LogP contribution in [-0.2, 0) is 11.4 Å². The highest BCUT2D eigenvalue weighted by Crippen LogP contribution is 2.40. The highest BCUT2D eigenvalue weighted by molar-refractivity contribution is 8.19. The first kappa shape index (κ1) is 21.0. The molecule has 0 bridgehead atoms. The van der Waals surface area contributed by atoms with Crippen molar-refractivity contribution in [3.8, 4) is 11.5 Å². The van der Waals surface area contributed by atoms with Gasteiger partial charge in [0, 0.05) is 0 Å². The topological polar surface area (TPSA) is 55.8 Å². The largest absolute Gasteiger partial charge is 0.493 e. The second-order valence-electron chi connectivity index (χ2n) is 6.66. The summed E-state index contributed by atoms with van der Waals surface area (Å²) in [5.41, 5.74) is 2.17. The molecule has 0 N–H and O–H groups in total. The average molecular weight is 452 g/mol. The number of anilines is 1. The van der Waals surface area contributed by atoms with E-state index in [4.69, 9.17) is 21.1 Å². The van der Waals surface area contributed by atoms with Gasteiger partial charge in [-0.3, -0.25) is 9.59 Å². The van der Waals surface area contributed by atoms with Crippen LogP contribution in [0.1, 0.15) is 11.1 Å². The van der Waals surface area contributed by atoms with Crippen LogP contribution in [0.15, 0.2) is 77.7 Å². The SMILES string of the molecule is COc1cc(/C=C2\SC(=O)N(c3ccccc3)C2=O)cc(Cl)c1OCc1ccccc1. The van der Waals surface area contributed by atoms with E-state index in [1.807, 2.05) is 36.4 Å². The molecule has 4 rings (SSSR count). The number of benzene rings is 3. The molecule has 5 nitrogen and oxygen atoms in total. The molecular formula is C24H18ClNO4S. The summed E-state index contributed by atoms with van der Waals surface area (Å²) < 4.78 is 11.3. The predicted molar refractivity (Wildman–Crippen MR) is 124 cm³/mol. The Morgan fingerprint density at radius 2 is 1.68 bits per heavy atom. The lowest BCUT2D eigenvalue weighted by atomic mass is 10.1. The second kappa shape index (κ2) is 9.29. The zero-order valence-corrected chi connectivity index (χ0v) is 18.2. The van der Waals surface area contributed by atoms with Gasteiger partial charge < -0.3 is 9.47 Å². The molecule has 0 aromatic heterocycles. The quantitative estimate of drug-likeness (QED) is 0.419. The summed E-state index contributed by atoms with van der Waals surface area (Å²) in [6, 6.07) is 21.9. The molecule has 0 radical (unpaired) electrons. The zero-order valence-electron chi connectivity index (χ0n) is 16.6. The van der Waals surface area contributed by atoms with Crippen molar-refractivity contribution in [3.05, 3.63) is 93.9 Å². The molecule has 1 fully saturated rings. The van der Waals surface area contributed by atoms with Crippen molar-refractivity contribution in [2.45, 2.75) is 6.61 Å². The summed E-state index contributed by atoms with van der Waals surface area (Å²) in [5, 5.41) is 0.00662. The van der Waals surface area contributed by atoms with Crippen LogP contribution in [0.2, 0.25) is 5.02 Å². The van der Waals surface area contributed by atoms with Crippen molar-refractivity contribution < 1.29 is 19.1 Å². The van der Waals surface area contributed by atoms with Gasteiger partial charge in [0.1, 0.15) is 6.61 Å². The highest BCUT2D eigenvalue weighted by Gasteiger charge is 2.36. The molecule has 2 amide bonds. The van der Waals surface area contributed by atoms with Crippen LogP contribution in [0.25, 0.3) is 6.08 Å². The summed E-state index contributed by atoms with van der Waals surface area (Å²) in [6.07, 6.45) is 1.63. The molecule has 0 unspecified atom stereocenters. The molecule has 3 aromatic carbocycles. The lowest BCUT2D eigenvalue weighted by molar-refractivity contribution is -0.113. The summed E-state index contributed by atoms with van der Waals surface area (Å²) in [5.74, 6) is 0.486. The Labute approximate surface area is 189 Å². The predicted octanol–water partition coefficient (Wildman–Crippen LogP) is 6.17. The molecule has 0 atom stereocenters. The van der Waals surface area contributed by atoms with Gasteiger partial charge in [-0.25, -0.2) is 4.90 Å². The van der Waals surface area contributed by atoms with E-state index in [2.05, 4.69) is 0 Å². The Morgan fingerprint density at radius 3 is 2.35 bits per heavy atom. The normalized spacial score (nSPS) is 14.9. The number of hydrogen-bond donors (Lipinski definition) is 0. The minimum atomic E-state index is -0.374. The molecule has 0 spiro atoms. The highest BCUT2D eigenvalue weighted by atomic mass is 35.5. The molecule has 0 aliphatic carbocycles. The molecule has 156 valence electrons. The van der Waals surface area contributed by atoms with Gasteiger partial charge in [-0.05, 0) is 53.2 Å². The minimum Gasteiger partial charge on any atom is -0.493 e. The standard InChI is InChI=1S/C24H18ClNO4S/c1-29-20-13-17(12-19(25)22(20)30-15-16-8-4-2-5-9-16)14-21-23(27)26(24(28)31-21)18-10-6-3-7-11-18/h2-14H,15H2,1H3/b21-14-. The Balaban J connectivity index is 1.59. The summed E-state index contributed by atoms with van der Waals surface area (Å²) in [4.78, 5) is 26.7. The van der Waals surface area contributed by atoms with Gasteiger partial charge in [0.05, 0.1) is 22.7 Å². The Bertz CT molecular complexity index is 1150. The molecule has 0 saturated carbocycles. The van der Waals surface area contributed by atoms with E-state index in [0.29, 0.717) is 39.3 Å². The van der Waals surface area contributed by atoms with Gasteiger partial charge >= 0.3 is 0 Å². The maximum atomic E-state index is 12.8. The number of carbonyl (C=O) groups excluding carboxylic acids is 2. The van der Waals surface area contributed by atoms with Crippen LogP contribution in [0, 0.1) is 0 Å². The number of para-hydroxylation sites is 1. The fourth-order valence-electron chi connectivity index (χ4n) is 3.11. The third-order valence-electron chi connectivity index (χ3n) is 4.58. The molecule has 3 aromatic rings. The van der Waals surface area contributed by atoms with Gasteiger partial charge in [-0.2, -0.15) is 0 Å². The van der Waals surface area contributed by atoms with Gasteiger partial charge in [0.15, 0.2) is 11.5 Å². The van der Waals surface area contributed by atoms with E-state index in [1.54, 1.807) is 42.5 Å². The number of carbonyl (C=O) groups is 2. The molecular weight excluding hydrogens is 434 g/mol. The van der Waals surface area contributed by atoms with Crippen LogP contribution in [0.3, 0.4) is 0 Å². The first-order chi connectivity index (χ1) is 15.1. The fraction of sp³-hybridized carbons (Fsp3) is 0.0833. The smallest absolute Gasteiger partial charge is 0.298 e. The molecule has 7 heteroatoms. The van der Waals surface area contributed by atoms with Crippen LogP contribution in [0.5, 0.6) is 11.5 Å². The van der Waals surface area contributed by atoms with Crippen molar-refractivity contribution in [2.24, 2.45) is 0 Å². The molecule has 31 heavy (non-hydrogen) atoms. The van der Waals surface area contributed by atoms with E-state index in [0.717, 1.165) is 22.2 Å². The van der Waals surface area contributed by atoms with Crippen molar-refractivity contribution in [1.29, 1.82) is 0 Å². The molecule has 1 saturated heterocycles. The van der Waals surface area contributed by atoms with E-state index in [-0.39, 0.29) is 11.1 Å². The first-order valence-electron chi connectivity index (χ1n) is 9.44. The monoisotopic (exact) mass is 451 g/mol. The average Bonchev–Trinajstić information content (AvgIpc) is 3.06. The van der Waals surface area contributed by atoms with Crippen molar-refractivity contribution in [1.82, 2.24) is 0 Å². The maximum Gasteiger partial charge on any atom is 0.298 e. The fourth-order valence-corrected chi connectivity index (χ4v) is 4.23. The summed E-state index contributed by atoms with van der Waals surface area (Å²) in [7, 11) is 1.52. The Kier molecular flexibility index (Phi) is 6.30. The van der Waals surface area contributed by atoms with Crippen LogP contribution in [0.4, 0.5) is 10.5 Å². The number of imide groups is 1. The lowest BCUT2D eigenvalue weighted by Crippen LogP contribution is -2.27. The van der Waals surface area contributed by atoms with Crippen LogP contribution < -0.4 is 14.4 Å². The number of thioether (sulfide) groups is 1. The molecule has 1 aliphatic heterocycles. The number of methoxy groups -OCH3 is 1. The van der Waals surface area contributed by atoms with Gasteiger partial charge in [0.2, 0.25) is 0 Å². The van der Waals surface area contributed by atoms with E-state index in [9.17, 15) is 9.59 Å². The van der Waals surface area contributed by atoms with Crippen LogP contribution >= 0.6 is 23.4 Å². The minimum absolute atomic E-state index is 0.310. The number of amides is 2. The number of ether oxygens (including phenoxy) is 2. The summed E-state index contributed by atoms with van der Waals surface area (Å²) in [6.45, 7) is 0.340. The zero-order chi connectivity index (χ0) is 21.8.